The zero-order valence-electron chi connectivity index (χ0n) is 15.0. The minimum absolute atomic E-state index is 0.0295. The number of nitrogens with zero attached hydrogens (tertiary/aromatic N) is 2. The molecule has 0 saturated carbocycles. The first-order valence-electron chi connectivity index (χ1n) is 8.72. The number of carbonyl (C=O) groups excluding carboxylic acids is 1. The Bertz CT molecular complexity index is 1060. The van der Waals surface area contributed by atoms with Gasteiger partial charge in [0.2, 0.25) is 0 Å². The van der Waals surface area contributed by atoms with Gasteiger partial charge in [0, 0.05) is 21.0 Å². The van der Waals surface area contributed by atoms with E-state index in [0.29, 0.717) is 21.0 Å². The van der Waals surface area contributed by atoms with E-state index in [9.17, 15) is 13.2 Å². The fourth-order valence-corrected chi connectivity index (χ4v) is 7.47. The van der Waals surface area contributed by atoms with E-state index >= 15 is 0 Å². The smallest absolute Gasteiger partial charge is 0.285 e. The molecule has 0 aromatic heterocycles. The van der Waals surface area contributed by atoms with Crippen molar-refractivity contribution in [1.82, 2.24) is 0 Å². The fraction of sp³-hybridized carbons (Fsp3) is 0.263. The van der Waals surface area contributed by atoms with E-state index in [-0.39, 0.29) is 29.4 Å². The molecule has 0 radical (unpaired) electrons. The van der Waals surface area contributed by atoms with Gasteiger partial charge in [-0.3, -0.25) is 4.79 Å². The van der Waals surface area contributed by atoms with Gasteiger partial charge >= 0.3 is 0 Å². The molecule has 0 unspecified atom stereocenters. The molecule has 4 rings (SSSR count). The first-order valence-corrected chi connectivity index (χ1v) is 12.2. The van der Waals surface area contributed by atoms with E-state index < -0.39 is 15.7 Å². The zero-order chi connectivity index (χ0) is 20.6. The summed E-state index contributed by atoms with van der Waals surface area (Å²) in [6, 6.07) is 13.4. The molecule has 2 aromatic carbocycles. The Morgan fingerprint density at radius 1 is 1.07 bits per heavy atom. The average Bonchev–Trinajstić information content (AvgIpc) is 3.13. The van der Waals surface area contributed by atoms with Crippen LogP contribution in [-0.4, -0.2) is 48.9 Å². The molecule has 10 heteroatoms. The third-order valence-electron chi connectivity index (χ3n) is 4.57. The number of hydrogen-bond donors (Lipinski definition) is 0. The van der Waals surface area contributed by atoms with Gasteiger partial charge in [0.1, 0.15) is 5.75 Å². The van der Waals surface area contributed by atoms with Gasteiger partial charge in [0.05, 0.1) is 17.5 Å². The van der Waals surface area contributed by atoms with E-state index in [1.807, 2.05) is 4.90 Å². The number of amidine groups is 1. The number of ether oxygens (including phenoxy) is 1. The van der Waals surface area contributed by atoms with Crippen molar-refractivity contribution in [2.24, 2.45) is 4.99 Å². The number of thioether (sulfide) groups is 1. The van der Waals surface area contributed by atoms with Crippen LogP contribution in [0.25, 0.3) is 0 Å². The van der Waals surface area contributed by atoms with Crippen molar-refractivity contribution in [1.29, 1.82) is 0 Å². The van der Waals surface area contributed by atoms with Gasteiger partial charge in [-0.1, -0.05) is 35.0 Å². The van der Waals surface area contributed by atoms with Crippen LogP contribution in [0.3, 0.4) is 0 Å². The molecule has 2 fully saturated rings. The van der Waals surface area contributed by atoms with Crippen LogP contribution in [0.4, 0.5) is 5.69 Å². The minimum Gasteiger partial charge on any atom is -0.484 e. The highest BCUT2D eigenvalue weighted by Crippen LogP contribution is 2.41. The summed E-state index contributed by atoms with van der Waals surface area (Å²) in [5, 5.41) is 1.45. The maximum absolute atomic E-state index is 12.4. The van der Waals surface area contributed by atoms with Gasteiger partial charge in [-0.15, -0.1) is 0 Å². The molecule has 2 aliphatic heterocycles. The summed E-state index contributed by atoms with van der Waals surface area (Å²) in [4.78, 5) is 18.4. The summed E-state index contributed by atoms with van der Waals surface area (Å²) in [5.41, 5.74) is 0.747. The molecule has 0 bridgehead atoms. The maximum atomic E-state index is 12.4. The van der Waals surface area contributed by atoms with Crippen LogP contribution in [-0.2, 0) is 14.6 Å². The molecule has 1 amide bonds. The lowest BCUT2D eigenvalue weighted by molar-refractivity contribution is -0.119. The van der Waals surface area contributed by atoms with Crippen LogP contribution in [0.5, 0.6) is 5.75 Å². The predicted molar refractivity (Wildman–Crippen MR) is 117 cm³/mol. The third-order valence-corrected chi connectivity index (χ3v) is 8.28. The SMILES string of the molecule is O=C(COc1ccc(Cl)cc1)N=C1S[C@@H]2CS(=O)(=O)C[C@H]2N1c1ccc(Cl)cc1. The Morgan fingerprint density at radius 2 is 1.69 bits per heavy atom. The summed E-state index contributed by atoms with van der Waals surface area (Å²) in [5.74, 6) is 0.159. The summed E-state index contributed by atoms with van der Waals surface area (Å²) in [6.45, 7) is -0.228. The quantitative estimate of drug-likeness (QED) is 0.678. The second kappa shape index (κ2) is 8.18. The highest BCUT2D eigenvalue weighted by Gasteiger charge is 2.49. The highest BCUT2D eigenvalue weighted by molar-refractivity contribution is 8.16. The number of hydrogen-bond acceptors (Lipinski definition) is 5. The number of aliphatic imine (C=N–C) groups is 1. The Hall–Kier alpha value is -1.74. The number of halogens is 2. The lowest BCUT2D eigenvalue weighted by Gasteiger charge is -2.24. The van der Waals surface area contributed by atoms with Crippen LogP contribution >= 0.6 is 35.0 Å². The van der Waals surface area contributed by atoms with Crippen LogP contribution in [0.15, 0.2) is 53.5 Å². The number of benzene rings is 2. The normalized spacial score (nSPS) is 23.9. The molecule has 2 saturated heterocycles. The molecule has 0 aliphatic carbocycles. The fourth-order valence-electron chi connectivity index (χ4n) is 3.28. The Morgan fingerprint density at radius 3 is 2.34 bits per heavy atom. The lowest BCUT2D eigenvalue weighted by Crippen LogP contribution is -2.37. The first-order chi connectivity index (χ1) is 13.8. The van der Waals surface area contributed by atoms with Crippen molar-refractivity contribution in [3.63, 3.8) is 0 Å². The first kappa shape index (κ1) is 20.5. The highest BCUT2D eigenvalue weighted by atomic mass is 35.5. The molecule has 2 heterocycles. The Kier molecular flexibility index (Phi) is 5.79. The van der Waals surface area contributed by atoms with Crippen molar-refractivity contribution in [2.45, 2.75) is 11.3 Å². The van der Waals surface area contributed by atoms with Crippen molar-refractivity contribution in [3.8, 4) is 5.75 Å². The summed E-state index contributed by atoms with van der Waals surface area (Å²) in [7, 11) is -3.12. The van der Waals surface area contributed by atoms with E-state index in [4.69, 9.17) is 27.9 Å². The summed E-state index contributed by atoms with van der Waals surface area (Å²) in [6.07, 6.45) is 0. The minimum atomic E-state index is -3.12. The number of carbonyl (C=O) groups is 1. The molecular formula is C19H16Cl2N2O4S2. The molecule has 152 valence electrons. The third kappa shape index (κ3) is 4.71. The van der Waals surface area contributed by atoms with Crippen molar-refractivity contribution in [3.05, 3.63) is 58.6 Å². The monoisotopic (exact) mass is 470 g/mol. The molecule has 0 spiro atoms. The zero-order valence-corrected chi connectivity index (χ0v) is 18.1. The van der Waals surface area contributed by atoms with Crippen molar-refractivity contribution in [2.75, 3.05) is 23.0 Å². The van der Waals surface area contributed by atoms with Gasteiger partial charge in [0.25, 0.3) is 5.91 Å². The van der Waals surface area contributed by atoms with E-state index in [1.165, 1.54) is 11.8 Å². The van der Waals surface area contributed by atoms with Crippen LogP contribution in [0.1, 0.15) is 0 Å². The lowest BCUT2D eigenvalue weighted by atomic mass is 10.2. The molecule has 0 N–H and O–H groups in total. The second-order valence-electron chi connectivity index (χ2n) is 6.68. The molecular weight excluding hydrogens is 455 g/mol. The Labute approximate surface area is 182 Å². The molecule has 29 heavy (non-hydrogen) atoms. The topological polar surface area (TPSA) is 76.0 Å². The Balaban J connectivity index is 1.54. The van der Waals surface area contributed by atoms with E-state index in [1.54, 1.807) is 48.5 Å². The van der Waals surface area contributed by atoms with Crippen molar-refractivity contribution < 1.29 is 17.9 Å². The maximum Gasteiger partial charge on any atom is 0.285 e. The number of anilines is 1. The number of fused-ring (bicyclic) bond motifs is 1. The van der Waals surface area contributed by atoms with Gasteiger partial charge in [0.15, 0.2) is 21.6 Å². The molecule has 6 nitrogen and oxygen atoms in total. The van der Waals surface area contributed by atoms with Crippen LogP contribution < -0.4 is 9.64 Å². The predicted octanol–water partition coefficient (Wildman–Crippen LogP) is 3.67. The van der Waals surface area contributed by atoms with Crippen LogP contribution in [0, 0.1) is 0 Å². The van der Waals surface area contributed by atoms with Gasteiger partial charge < -0.3 is 9.64 Å². The van der Waals surface area contributed by atoms with Gasteiger partial charge in [-0.05, 0) is 48.5 Å². The second-order valence-corrected chi connectivity index (χ2v) is 10.9. The van der Waals surface area contributed by atoms with Gasteiger partial charge in [-0.25, -0.2) is 8.42 Å². The van der Waals surface area contributed by atoms with Crippen LogP contribution in [0.2, 0.25) is 10.0 Å². The molecule has 2 atom stereocenters. The summed E-state index contributed by atoms with van der Waals surface area (Å²) >= 11 is 13.1. The largest absolute Gasteiger partial charge is 0.484 e. The van der Waals surface area contributed by atoms with Crippen molar-refractivity contribution >= 4 is 61.6 Å². The standard InChI is InChI=1S/C19H16Cl2N2O4S2/c20-12-1-5-14(6-2-12)23-16-10-29(25,26)11-17(16)28-19(23)22-18(24)9-27-15-7-3-13(21)4-8-15/h1-8,16-17H,9-11H2/t16-,17-/m1/s1. The number of amides is 1. The molecule has 2 aromatic rings. The van der Waals surface area contributed by atoms with Gasteiger partial charge in [-0.2, -0.15) is 4.99 Å². The average molecular weight is 471 g/mol. The summed E-state index contributed by atoms with van der Waals surface area (Å²) < 4.78 is 29.6. The molecule has 2 aliphatic rings. The number of rotatable bonds is 4. The van der Waals surface area contributed by atoms with E-state index in [0.717, 1.165) is 5.69 Å². The number of sulfone groups is 1. The van der Waals surface area contributed by atoms with E-state index in [2.05, 4.69) is 4.99 Å².